The van der Waals surface area contributed by atoms with Crippen molar-refractivity contribution >= 4 is 6.08 Å². The molecule has 0 saturated heterocycles. The van der Waals surface area contributed by atoms with Crippen molar-refractivity contribution in [3.8, 4) is 5.75 Å². The molecule has 2 N–H and O–H groups in total. The van der Waals surface area contributed by atoms with Gasteiger partial charge in [0.25, 0.3) is 0 Å². The van der Waals surface area contributed by atoms with E-state index in [0.717, 1.165) is 11.3 Å². The molecule has 1 rings (SSSR count). The number of hydrogen-bond donors (Lipinski definition) is 2. The summed E-state index contributed by atoms with van der Waals surface area (Å²) in [6.45, 7) is 6.92. The first kappa shape index (κ1) is 14.7. The lowest BCUT2D eigenvalue weighted by Gasteiger charge is -2.16. The highest BCUT2D eigenvalue weighted by molar-refractivity contribution is 5.56. The molecule has 1 aromatic rings. The second-order valence-electron chi connectivity index (χ2n) is 4.57. The lowest BCUT2D eigenvalue weighted by molar-refractivity contribution is 0.104. The van der Waals surface area contributed by atoms with Gasteiger partial charge in [-0.1, -0.05) is 44.2 Å². The second-order valence-corrected chi connectivity index (χ2v) is 4.57. The van der Waals surface area contributed by atoms with Crippen LogP contribution in [0.1, 0.15) is 26.3 Å². The smallest absolute Gasteiger partial charge is 0.126 e. The van der Waals surface area contributed by atoms with Crippen LogP contribution in [0, 0.1) is 0 Å². The molecule has 1 aromatic carbocycles. The molecule has 0 aliphatic heterocycles. The van der Waals surface area contributed by atoms with Crippen LogP contribution >= 0.6 is 0 Å². The molecular weight excluding hydrogens is 226 g/mol. The van der Waals surface area contributed by atoms with Crippen molar-refractivity contribution in [3.05, 3.63) is 35.9 Å². The van der Waals surface area contributed by atoms with E-state index in [1.165, 1.54) is 0 Å². The van der Waals surface area contributed by atoms with Crippen molar-refractivity contribution < 1.29 is 9.84 Å². The first-order chi connectivity index (χ1) is 8.63. The van der Waals surface area contributed by atoms with Crippen molar-refractivity contribution in [2.24, 2.45) is 0 Å². The fraction of sp³-hybridized carbons (Fsp3) is 0.467. The Morgan fingerprint density at radius 1 is 1.33 bits per heavy atom. The topological polar surface area (TPSA) is 41.5 Å². The van der Waals surface area contributed by atoms with Gasteiger partial charge in [-0.3, -0.25) is 0 Å². The van der Waals surface area contributed by atoms with Gasteiger partial charge in [0.05, 0.1) is 0 Å². The van der Waals surface area contributed by atoms with Crippen molar-refractivity contribution in [2.75, 3.05) is 13.2 Å². The molecule has 0 aliphatic carbocycles. The second kappa shape index (κ2) is 7.90. The summed E-state index contributed by atoms with van der Waals surface area (Å²) in [7, 11) is 0. The van der Waals surface area contributed by atoms with E-state index in [9.17, 15) is 5.11 Å². The number of aliphatic hydroxyl groups excluding tert-OH is 1. The van der Waals surface area contributed by atoms with Gasteiger partial charge in [-0.05, 0) is 13.0 Å². The van der Waals surface area contributed by atoms with Crippen LogP contribution in [-0.2, 0) is 0 Å². The number of benzene rings is 1. The molecule has 0 spiro atoms. The third kappa shape index (κ3) is 5.34. The fourth-order valence-electron chi connectivity index (χ4n) is 1.55. The molecule has 1 unspecified atom stereocenters. The predicted molar refractivity (Wildman–Crippen MR) is 75.8 cm³/mol. The van der Waals surface area contributed by atoms with Gasteiger partial charge in [-0.25, -0.2) is 0 Å². The molecule has 0 fully saturated rings. The maximum absolute atomic E-state index is 9.77. The lowest BCUT2D eigenvalue weighted by atomic mass is 10.2. The van der Waals surface area contributed by atoms with E-state index < -0.39 is 6.10 Å². The number of ether oxygens (including phenoxy) is 1. The Hall–Kier alpha value is -1.32. The summed E-state index contributed by atoms with van der Waals surface area (Å²) in [6, 6.07) is 8.18. The monoisotopic (exact) mass is 249 g/mol. The van der Waals surface area contributed by atoms with Crippen molar-refractivity contribution in [3.63, 3.8) is 0 Å². The van der Waals surface area contributed by atoms with Crippen LogP contribution in [-0.4, -0.2) is 30.4 Å². The fourth-order valence-corrected chi connectivity index (χ4v) is 1.55. The summed E-state index contributed by atoms with van der Waals surface area (Å²) in [5, 5.41) is 13.0. The van der Waals surface area contributed by atoms with Crippen molar-refractivity contribution in [1.29, 1.82) is 0 Å². The molecule has 18 heavy (non-hydrogen) atoms. The molecule has 0 saturated carbocycles. The Morgan fingerprint density at radius 2 is 2.06 bits per heavy atom. The summed E-state index contributed by atoms with van der Waals surface area (Å²) >= 11 is 0. The minimum absolute atomic E-state index is 0.300. The largest absolute Gasteiger partial charge is 0.490 e. The number of nitrogens with one attached hydrogen (secondary N) is 1. The summed E-state index contributed by atoms with van der Waals surface area (Å²) in [5.74, 6) is 0.805. The standard InChI is InChI=1S/C15H23NO2/c1-4-7-13-8-5-6-9-15(13)18-11-14(17)10-16-12(2)3/h4-9,12,14,16-17H,10-11H2,1-3H3/b7-4+. The SMILES string of the molecule is C/C=C/c1ccccc1OCC(O)CNC(C)C. The third-order valence-corrected chi connectivity index (χ3v) is 2.46. The first-order valence-corrected chi connectivity index (χ1v) is 6.39. The van der Waals surface area contributed by atoms with Gasteiger partial charge in [-0.2, -0.15) is 0 Å². The highest BCUT2D eigenvalue weighted by Gasteiger charge is 2.07. The molecule has 0 aliphatic rings. The number of hydrogen-bond acceptors (Lipinski definition) is 3. The molecular formula is C15H23NO2. The van der Waals surface area contributed by atoms with Crippen LogP contribution in [0.4, 0.5) is 0 Å². The van der Waals surface area contributed by atoms with Gasteiger partial charge in [0.15, 0.2) is 0 Å². The highest BCUT2D eigenvalue weighted by Crippen LogP contribution is 2.19. The molecule has 0 amide bonds. The van der Waals surface area contributed by atoms with Gasteiger partial charge in [0.2, 0.25) is 0 Å². The number of para-hydroxylation sites is 1. The van der Waals surface area contributed by atoms with Crippen LogP contribution < -0.4 is 10.1 Å². The Kier molecular flexibility index (Phi) is 6.47. The number of aliphatic hydroxyl groups is 1. The van der Waals surface area contributed by atoms with Gasteiger partial charge >= 0.3 is 0 Å². The summed E-state index contributed by atoms with van der Waals surface area (Å²) in [6.07, 6.45) is 3.47. The van der Waals surface area contributed by atoms with E-state index in [1.807, 2.05) is 43.3 Å². The molecule has 1 atom stereocenters. The number of allylic oxidation sites excluding steroid dienone is 1. The van der Waals surface area contributed by atoms with Crippen LogP contribution in [0.25, 0.3) is 6.08 Å². The molecule has 3 nitrogen and oxygen atoms in total. The number of rotatable bonds is 7. The maximum atomic E-state index is 9.77. The average Bonchev–Trinajstić information content (AvgIpc) is 2.35. The molecule has 0 bridgehead atoms. The van der Waals surface area contributed by atoms with Crippen LogP contribution in [0.2, 0.25) is 0 Å². The molecule has 0 heterocycles. The Bertz CT molecular complexity index is 375. The van der Waals surface area contributed by atoms with Gasteiger partial charge < -0.3 is 15.2 Å². The van der Waals surface area contributed by atoms with Gasteiger partial charge in [-0.15, -0.1) is 0 Å². The average molecular weight is 249 g/mol. The van der Waals surface area contributed by atoms with Crippen molar-refractivity contribution in [2.45, 2.75) is 32.9 Å². The quantitative estimate of drug-likeness (QED) is 0.780. The van der Waals surface area contributed by atoms with E-state index in [1.54, 1.807) is 0 Å². The van der Waals surface area contributed by atoms with Crippen molar-refractivity contribution in [1.82, 2.24) is 5.32 Å². The van der Waals surface area contributed by atoms with Crippen LogP contribution in [0.3, 0.4) is 0 Å². The maximum Gasteiger partial charge on any atom is 0.126 e. The summed E-state index contributed by atoms with van der Waals surface area (Å²) in [5.41, 5.74) is 1.03. The van der Waals surface area contributed by atoms with E-state index in [4.69, 9.17) is 4.74 Å². The molecule has 3 heteroatoms. The lowest BCUT2D eigenvalue weighted by Crippen LogP contribution is -2.35. The Morgan fingerprint density at radius 3 is 2.72 bits per heavy atom. The van der Waals surface area contributed by atoms with Crippen LogP contribution in [0.5, 0.6) is 5.75 Å². The molecule has 100 valence electrons. The Labute approximate surface area is 109 Å². The normalized spacial score (nSPS) is 13.2. The minimum atomic E-state index is -0.494. The zero-order valence-electron chi connectivity index (χ0n) is 11.4. The highest BCUT2D eigenvalue weighted by atomic mass is 16.5. The minimum Gasteiger partial charge on any atom is -0.490 e. The summed E-state index contributed by atoms with van der Waals surface area (Å²) < 4.78 is 5.64. The zero-order chi connectivity index (χ0) is 13.4. The zero-order valence-corrected chi connectivity index (χ0v) is 11.4. The van der Waals surface area contributed by atoms with Gasteiger partial charge in [0.1, 0.15) is 18.5 Å². The predicted octanol–water partition coefficient (Wildman–Crippen LogP) is 2.46. The van der Waals surface area contributed by atoms with E-state index >= 15 is 0 Å². The third-order valence-electron chi connectivity index (χ3n) is 2.46. The van der Waals surface area contributed by atoms with Gasteiger partial charge in [0, 0.05) is 18.2 Å². The molecule has 0 radical (unpaired) electrons. The summed E-state index contributed by atoms with van der Waals surface area (Å²) in [4.78, 5) is 0. The first-order valence-electron chi connectivity index (χ1n) is 6.39. The van der Waals surface area contributed by atoms with E-state index in [-0.39, 0.29) is 0 Å². The van der Waals surface area contributed by atoms with Crippen LogP contribution in [0.15, 0.2) is 30.3 Å². The van der Waals surface area contributed by atoms with E-state index in [2.05, 4.69) is 19.2 Å². The Balaban J connectivity index is 2.47. The molecule has 0 aromatic heterocycles. The van der Waals surface area contributed by atoms with E-state index in [0.29, 0.717) is 19.2 Å².